The average molecular weight is 131 g/mol. The van der Waals surface area contributed by atoms with Gasteiger partial charge in [-0.3, -0.25) is 0 Å². The molecule has 9 heavy (non-hydrogen) atoms. The number of nitrogens with one attached hydrogen (secondary N) is 1. The third-order valence-electron chi connectivity index (χ3n) is 1.56. The molecule has 2 heteroatoms. The molecular formula is C7H17NO. The minimum absolute atomic E-state index is 0.309. The second kappa shape index (κ2) is 3.85. The van der Waals surface area contributed by atoms with E-state index in [4.69, 9.17) is 4.84 Å². The van der Waals surface area contributed by atoms with Crippen molar-refractivity contribution in [1.29, 1.82) is 0 Å². The SMILES string of the molecule is CCC(C)(C)CONC. The predicted molar refractivity (Wildman–Crippen MR) is 39.1 cm³/mol. The van der Waals surface area contributed by atoms with Gasteiger partial charge in [-0.1, -0.05) is 20.8 Å². The van der Waals surface area contributed by atoms with Gasteiger partial charge in [0.1, 0.15) is 0 Å². The summed E-state index contributed by atoms with van der Waals surface area (Å²) in [6, 6.07) is 0. The minimum atomic E-state index is 0.309. The zero-order chi connectivity index (χ0) is 7.33. The van der Waals surface area contributed by atoms with E-state index < -0.39 is 0 Å². The first-order valence-corrected chi connectivity index (χ1v) is 3.41. The van der Waals surface area contributed by atoms with Gasteiger partial charge in [-0.05, 0) is 11.8 Å². The molecular weight excluding hydrogens is 114 g/mol. The Kier molecular flexibility index (Phi) is 3.82. The van der Waals surface area contributed by atoms with E-state index in [1.54, 1.807) is 7.05 Å². The lowest BCUT2D eigenvalue weighted by molar-refractivity contribution is 0.00245. The molecule has 0 spiro atoms. The van der Waals surface area contributed by atoms with Gasteiger partial charge in [0.2, 0.25) is 0 Å². The van der Waals surface area contributed by atoms with Crippen molar-refractivity contribution in [1.82, 2.24) is 5.48 Å². The summed E-state index contributed by atoms with van der Waals surface area (Å²) >= 11 is 0. The van der Waals surface area contributed by atoms with Gasteiger partial charge in [0.15, 0.2) is 0 Å². The van der Waals surface area contributed by atoms with Crippen LogP contribution in [0.3, 0.4) is 0 Å². The Morgan fingerprint density at radius 3 is 2.33 bits per heavy atom. The summed E-state index contributed by atoms with van der Waals surface area (Å²) in [4.78, 5) is 5.04. The molecule has 0 rings (SSSR count). The van der Waals surface area contributed by atoms with Gasteiger partial charge in [0.05, 0.1) is 6.61 Å². The Hall–Kier alpha value is -0.0800. The van der Waals surface area contributed by atoms with Crippen molar-refractivity contribution in [2.45, 2.75) is 27.2 Å². The molecule has 1 N–H and O–H groups in total. The van der Waals surface area contributed by atoms with Gasteiger partial charge in [-0.15, -0.1) is 0 Å². The summed E-state index contributed by atoms with van der Waals surface area (Å²) in [6.07, 6.45) is 1.15. The number of hydrogen-bond acceptors (Lipinski definition) is 2. The zero-order valence-corrected chi connectivity index (χ0v) is 6.82. The highest BCUT2D eigenvalue weighted by atomic mass is 16.6. The van der Waals surface area contributed by atoms with Gasteiger partial charge in [-0.2, -0.15) is 0 Å². The van der Waals surface area contributed by atoms with Gasteiger partial charge in [0.25, 0.3) is 0 Å². The van der Waals surface area contributed by atoms with E-state index in [2.05, 4.69) is 26.3 Å². The molecule has 0 aliphatic carbocycles. The first-order valence-electron chi connectivity index (χ1n) is 3.41. The van der Waals surface area contributed by atoms with E-state index in [1.807, 2.05) is 0 Å². The van der Waals surface area contributed by atoms with Crippen LogP contribution in [0, 0.1) is 5.41 Å². The van der Waals surface area contributed by atoms with Crippen molar-refractivity contribution in [3.8, 4) is 0 Å². The molecule has 0 bridgehead atoms. The number of rotatable bonds is 4. The summed E-state index contributed by atoms with van der Waals surface area (Å²) in [6.45, 7) is 7.31. The molecule has 0 aliphatic heterocycles. The summed E-state index contributed by atoms with van der Waals surface area (Å²) in [5.41, 5.74) is 2.97. The average Bonchev–Trinajstić information content (AvgIpc) is 1.84. The molecule has 0 fully saturated rings. The van der Waals surface area contributed by atoms with Crippen LogP contribution in [-0.4, -0.2) is 13.7 Å². The van der Waals surface area contributed by atoms with Crippen LogP contribution in [0.15, 0.2) is 0 Å². The molecule has 0 saturated heterocycles. The van der Waals surface area contributed by atoms with Crippen LogP contribution in [-0.2, 0) is 4.84 Å². The number of hydroxylamine groups is 1. The predicted octanol–water partition coefficient (Wildman–Crippen LogP) is 1.57. The highest BCUT2D eigenvalue weighted by molar-refractivity contribution is 4.63. The fraction of sp³-hybridized carbons (Fsp3) is 1.00. The second-order valence-corrected chi connectivity index (χ2v) is 3.01. The van der Waals surface area contributed by atoms with Crippen molar-refractivity contribution in [2.75, 3.05) is 13.7 Å². The van der Waals surface area contributed by atoms with Crippen LogP contribution in [0.1, 0.15) is 27.2 Å². The largest absolute Gasteiger partial charge is 0.302 e. The highest BCUT2D eigenvalue weighted by Gasteiger charge is 2.14. The van der Waals surface area contributed by atoms with E-state index in [0.717, 1.165) is 13.0 Å². The van der Waals surface area contributed by atoms with E-state index in [-0.39, 0.29) is 0 Å². The van der Waals surface area contributed by atoms with Crippen molar-refractivity contribution in [2.24, 2.45) is 5.41 Å². The third-order valence-corrected chi connectivity index (χ3v) is 1.56. The maximum atomic E-state index is 5.04. The highest BCUT2D eigenvalue weighted by Crippen LogP contribution is 2.18. The molecule has 0 aromatic rings. The van der Waals surface area contributed by atoms with Crippen LogP contribution in [0.2, 0.25) is 0 Å². The van der Waals surface area contributed by atoms with Gasteiger partial charge < -0.3 is 4.84 Å². The maximum absolute atomic E-state index is 5.04. The molecule has 0 aliphatic rings. The van der Waals surface area contributed by atoms with Crippen molar-refractivity contribution in [3.05, 3.63) is 0 Å². The molecule has 0 amide bonds. The Morgan fingerprint density at radius 2 is 2.00 bits per heavy atom. The standard InChI is InChI=1S/C7H17NO/c1-5-7(2,3)6-9-8-4/h8H,5-6H2,1-4H3. The molecule has 56 valence electrons. The molecule has 2 nitrogen and oxygen atoms in total. The molecule has 0 atom stereocenters. The van der Waals surface area contributed by atoms with E-state index >= 15 is 0 Å². The van der Waals surface area contributed by atoms with Crippen LogP contribution >= 0.6 is 0 Å². The molecule has 0 heterocycles. The van der Waals surface area contributed by atoms with Crippen LogP contribution in [0.4, 0.5) is 0 Å². The Labute approximate surface area is 57.5 Å². The fourth-order valence-corrected chi connectivity index (χ4v) is 0.370. The molecule has 0 saturated carbocycles. The zero-order valence-electron chi connectivity index (χ0n) is 6.82. The summed E-state index contributed by atoms with van der Waals surface area (Å²) in [5.74, 6) is 0. The first-order chi connectivity index (χ1) is 4.12. The van der Waals surface area contributed by atoms with E-state index in [0.29, 0.717) is 5.41 Å². The lowest BCUT2D eigenvalue weighted by atomic mass is 9.92. The van der Waals surface area contributed by atoms with Crippen LogP contribution in [0.5, 0.6) is 0 Å². The normalized spacial score (nSPS) is 12.0. The lowest BCUT2D eigenvalue weighted by Gasteiger charge is -2.20. The van der Waals surface area contributed by atoms with Crippen molar-refractivity contribution >= 4 is 0 Å². The second-order valence-electron chi connectivity index (χ2n) is 3.01. The number of hydrogen-bond donors (Lipinski definition) is 1. The van der Waals surface area contributed by atoms with Crippen LogP contribution in [0.25, 0.3) is 0 Å². The minimum Gasteiger partial charge on any atom is -0.302 e. The Bertz CT molecular complexity index is 71.3. The van der Waals surface area contributed by atoms with Gasteiger partial charge in [0, 0.05) is 7.05 Å². The molecule has 0 radical (unpaired) electrons. The molecule has 0 unspecified atom stereocenters. The topological polar surface area (TPSA) is 21.3 Å². The van der Waals surface area contributed by atoms with Gasteiger partial charge in [-0.25, -0.2) is 5.48 Å². The smallest absolute Gasteiger partial charge is 0.0732 e. The molecule has 0 aromatic carbocycles. The monoisotopic (exact) mass is 131 g/mol. The Balaban J connectivity index is 3.33. The van der Waals surface area contributed by atoms with Crippen LogP contribution < -0.4 is 5.48 Å². The van der Waals surface area contributed by atoms with E-state index in [9.17, 15) is 0 Å². The summed E-state index contributed by atoms with van der Waals surface area (Å²) in [5, 5.41) is 0. The van der Waals surface area contributed by atoms with E-state index in [1.165, 1.54) is 0 Å². The lowest BCUT2D eigenvalue weighted by Crippen LogP contribution is -2.22. The quantitative estimate of drug-likeness (QED) is 0.585. The maximum Gasteiger partial charge on any atom is 0.0732 e. The first kappa shape index (κ1) is 8.92. The summed E-state index contributed by atoms with van der Waals surface area (Å²) < 4.78 is 0. The van der Waals surface area contributed by atoms with Gasteiger partial charge >= 0.3 is 0 Å². The summed E-state index contributed by atoms with van der Waals surface area (Å²) in [7, 11) is 1.78. The Morgan fingerprint density at radius 1 is 1.44 bits per heavy atom. The van der Waals surface area contributed by atoms with Crippen molar-refractivity contribution in [3.63, 3.8) is 0 Å². The third kappa shape index (κ3) is 4.43. The van der Waals surface area contributed by atoms with Crippen molar-refractivity contribution < 1.29 is 4.84 Å². The molecule has 0 aromatic heterocycles. The fourth-order valence-electron chi connectivity index (χ4n) is 0.370.